The third kappa shape index (κ3) is 1.66. The summed E-state index contributed by atoms with van der Waals surface area (Å²) in [4.78, 5) is 17.6. The molecule has 1 N–H and O–H groups in total. The van der Waals surface area contributed by atoms with Gasteiger partial charge in [-0.2, -0.15) is 0 Å². The van der Waals surface area contributed by atoms with Crippen molar-refractivity contribution in [2.24, 2.45) is 0 Å². The minimum Gasteiger partial charge on any atom is -0.357 e. The molecule has 0 amide bonds. The number of carbonyl (C=O) groups is 1. The van der Waals surface area contributed by atoms with Crippen molar-refractivity contribution in [3.05, 3.63) is 47.2 Å². The van der Waals surface area contributed by atoms with Crippen LogP contribution in [0.4, 0.5) is 0 Å². The van der Waals surface area contributed by atoms with Crippen molar-refractivity contribution in [3.63, 3.8) is 0 Å². The number of hydrogen-bond acceptors (Lipinski definition) is 2. The fourth-order valence-electron chi connectivity index (χ4n) is 3.62. The first-order chi connectivity index (χ1) is 9.74. The average molecular weight is 266 g/mol. The number of nitrogens with zero attached hydrogens (tertiary/aromatic N) is 1. The molecule has 4 rings (SSSR count). The molecule has 2 aromatic rings. The van der Waals surface area contributed by atoms with Crippen molar-refractivity contribution in [2.45, 2.75) is 25.8 Å². The second-order valence-electron chi connectivity index (χ2n) is 5.82. The minimum absolute atomic E-state index is 0.214. The smallest absolute Gasteiger partial charge is 0.156 e. The Morgan fingerprint density at radius 3 is 3.05 bits per heavy atom. The highest BCUT2D eigenvalue weighted by atomic mass is 16.1. The zero-order chi connectivity index (χ0) is 13.7. The minimum atomic E-state index is 0.214. The third-order valence-electron chi connectivity index (χ3n) is 4.68. The van der Waals surface area contributed by atoms with Gasteiger partial charge >= 0.3 is 0 Å². The van der Waals surface area contributed by atoms with Crippen LogP contribution in [0.5, 0.6) is 0 Å². The summed E-state index contributed by atoms with van der Waals surface area (Å²) in [7, 11) is 0. The van der Waals surface area contributed by atoms with Crippen LogP contribution in [0, 0.1) is 0 Å². The Kier molecular flexibility index (Phi) is 2.57. The second-order valence-corrected chi connectivity index (χ2v) is 5.82. The number of aromatic nitrogens is 1. The van der Waals surface area contributed by atoms with Gasteiger partial charge in [0.05, 0.1) is 6.04 Å². The van der Waals surface area contributed by atoms with E-state index in [1.165, 1.54) is 22.2 Å². The largest absolute Gasteiger partial charge is 0.357 e. The molecule has 1 aromatic heterocycles. The number of rotatable bonds is 1. The monoisotopic (exact) mass is 266 g/mol. The van der Waals surface area contributed by atoms with Crippen LogP contribution in [-0.4, -0.2) is 28.8 Å². The lowest BCUT2D eigenvalue weighted by Gasteiger charge is -2.38. The first-order valence-electron chi connectivity index (χ1n) is 7.27. The van der Waals surface area contributed by atoms with E-state index in [0.717, 1.165) is 31.5 Å². The van der Waals surface area contributed by atoms with E-state index in [1.54, 1.807) is 6.92 Å². The number of fused-ring (bicyclic) bond motifs is 5. The summed E-state index contributed by atoms with van der Waals surface area (Å²) in [5, 5.41) is 1.36. The van der Waals surface area contributed by atoms with Gasteiger partial charge in [0.2, 0.25) is 0 Å². The van der Waals surface area contributed by atoms with Gasteiger partial charge in [0.25, 0.3) is 0 Å². The Balaban J connectivity index is 1.79. The van der Waals surface area contributed by atoms with E-state index in [4.69, 9.17) is 0 Å². The molecule has 0 bridgehead atoms. The quantitative estimate of drug-likeness (QED) is 0.861. The van der Waals surface area contributed by atoms with Crippen molar-refractivity contribution in [1.29, 1.82) is 0 Å². The predicted molar refractivity (Wildman–Crippen MR) is 79.7 cm³/mol. The summed E-state index contributed by atoms with van der Waals surface area (Å²) in [6, 6.07) is 8.96. The van der Waals surface area contributed by atoms with Crippen molar-refractivity contribution < 1.29 is 4.79 Å². The lowest BCUT2D eigenvalue weighted by molar-refractivity contribution is -0.114. The summed E-state index contributed by atoms with van der Waals surface area (Å²) >= 11 is 0. The van der Waals surface area contributed by atoms with Crippen LogP contribution >= 0.6 is 0 Å². The fourth-order valence-corrected chi connectivity index (χ4v) is 3.62. The van der Waals surface area contributed by atoms with Crippen molar-refractivity contribution >= 4 is 16.7 Å². The van der Waals surface area contributed by atoms with Crippen LogP contribution in [0.2, 0.25) is 0 Å². The van der Waals surface area contributed by atoms with Gasteiger partial charge in [0, 0.05) is 35.3 Å². The molecule has 1 aromatic carbocycles. The van der Waals surface area contributed by atoms with Crippen LogP contribution in [0.15, 0.2) is 35.9 Å². The number of aromatic amines is 1. The Labute approximate surface area is 118 Å². The fraction of sp³-hybridized carbons (Fsp3) is 0.353. The molecule has 0 radical (unpaired) electrons. The number of para-hydroxylation sites is 1. The van der Waals surface area contributed by atoms with E-state index < -0.39 is 0 Å². The van der Waals surface area contributed by atoms with Crippen LogP contribution in [0.1, 0.15) is 30.6 Å². The normalized spacial score (nSPS) is 22.2. The molecule has 3 nitrogen and oxygen atoms in total. The zero-order valence-corrected chi connectivity index (χ0v) is 11.6. The standard InChI is InChI=1S/C17H18N2O/c1-11(20)12-6-7-16-17-14(8-9-19(16)10-12)13-4-2-3-5-15(13)18-17/h2-6,16,18H,7-10H2,1H3/t16-/m1/s1. The third-order valence-corrected chi connectivity index (χ3v) is 4.68. The molecule has 0 saturated heterocycles. The van der Waals surface area contributed by atoms with Gasteiger partial charge in [-0.1, -0.05) is 24.3 Å². The van der Waals surface area contributed by atoms with E-state index in [-0.39, 0.29) is 5.78 Å². The lowest BCUT2D eigenvalue weighted by Crippen LogP contribution is -2.39. The number of nitrogens with one attached hydrogen (secondary N) is 1. The summed E-state index contributed by atoms with van der Waals surface area (Å²) < 4.78 is 0. The van der Waals surface area contributed by atoms with Gasteiger partial charge in [-0.05, 0) is 31.4 Å². The molecular weight excluding hydrogens is 248 g/mol. The van der Waals surface area contributed by atoms with E-state index in [9.17, 15) is 4.79 Å². The Morgan fingerprint density at radius 1 is 1.35 bits per heavy atom. The van der Waals surface area contributed by atoms with Gasteiger partial charge in [0.1, 0.15) is 0 Å². The predicted octanol–water partition coefficient (Wildman–Crippen LogP) is 2.99. The van der Waals surface area contributed by atoms with Gasteiger partial charge in [-0.3, -0.25) is 9.69 Å². The number of H-pyrrole nitrogens is 1. The SMILES string of the molecule is CC(=O)C1=CC[C@@H]2c3[nH]c4ccccc4c3CCN2C1. The van der Waals surface area contributed by atoms with E-state index >= 15 is 0 Å². The maximum absolute atomic E-state index is 11.6. The molecule has 0 spiro atoms. The maximum Gasteiger partial charge on any atom is 0.156 e. The molecule has 1 atom stereocenters. The van der Waals surface area contributed by atoms with Crippen molar-refractivity contribution in [2.75, 3.05) is 13.1 Å². The van der Waals surface area contributed by atoms with Crippen molar-refractivity contribution in [1.82, 2.24) is 9.88 Å². The highest BCUT2D eigenvalue weighted by molar-refractivity contribution is 5.94. The molecule has 102 valence electrons. The molecule has 0 aliphatic carbocycles. The molecule has 0 unspecified atom stereocenters. The van der Waals surface area contributed by atoms with Crippen LogP contribution < -0.4 is 0 Å². The van der Waals surface area contributed by atoms with Crippen LogP contribution in [0.25, 0.3) is 10.9 Å². The van der Waals surface area contributed by atoms with Gasteiger partial charge in [-0.15, -0.1) is 0 Å². The van der Waals surface area contributed by atoms with Crippen LogP contribution in [0.3, 0.4) is 0 Å². The maximum atomic E-state index is 11.6. The summed E-state index contributed by atoms with van der Waals surface area (Å²) in [5.74, 6) is 0.214. The Bertz CT molecular complexity index is 726. The van der Waals surface area contributed by atoms with Gasteiger partial charge in [-0.25, -0.2) is 0 Å². The van der Waals surface area contributed by atoms with Crippen LogP contribution in [-0.2, 0) is 11.2 Å². The highest BCUT2D eigenvalue weighted by Crippen LogP contribution is 2.38. The van der Waals surface area contributed by atoms with E-state index in [1.807, 2.05) is 0 Å². The molecular formula is C17H18N2O. The topological polar surface area (TPSA) is 36.1 Å². The number of ketones is 1. The number of hydrogen-bond donors (Lipinski definition) is 1. The number of benzene rings is 1. The summed E-state index contributed by atoms with van der Waals surface area (Å²) in [6.07, 6.45) is 4.14. The highest BCUT2D eigenvalue weighted by Gasteiger charge is 2.32. The molecule has 2 aliphatic rings. The second kappa shape index (κ2) is 4.32. The first-order valence-corrected chi connectivity index (χ1v) is 7.27. The summed E-state index contributed by atoms with van der Waals surface area (Å²) in [5.41, 5.74) is 5.04. The molecule has 0 fully saturated rings. The number of carbonyl (C=O) groups excluding carboxylic acids is 1. The van der Waals surface area contributed by atoms with Gasteiger partial charge in [0.15, 0.2) is 5.78 Å². The average Bonchev–Trinajstić information content (AvgIpc) is 2.85. The summed E-state index contributed by atoms with van der Waals surface area (Å²) in [6.45, 7) is 3.52. The zero-order valence-electron chi connectivity index (χ0n) is 11.6. The lowest BCUT2D eigenvalue weighted by atomic mass is 9.91. The molecule has 3 heterocycles. The first kappa shape index (κ1) is 11.9. The molecule has 2 aliphatic heterocycles. The Hall–Kier alpha value is -1.87. The number of Topliss-reactive ketones (excluding diaryl/α,β-unsaturated/α-hetero) is 1. The van der Waals surface area contributed by atoms with E-state index in [2.05, 4.69) is 40.2 Å². The Morgan fingerprint density at radius 2 is 2.20 bits per heavy atom. The van der Waals surface area contributed by atoms with Crippen molar-refractivity contribution in [3.8, 4) is 0 Å². The molecule has 20 heavy (non-hydrogen) atoms. The van der Waals surface area contributed by atoms with E-state index in [0.29, 0.717) is 6.04 Å². The molecule has 3 heteroatoms. The van der Waals surface area contributed by atoms with Gasteiger partial charge < -0.3 is 4.98 Å². The molecule has 0 saturated carbocycles.